The maximum Gasteiger partial charge on any atom is 0.137 e. The number of rotatable bonds is 2. The first-order chi connectivity index (χ1) is 9.61. The van der Waals surface area contributed by atoms with Crippen LogP contribution in [0.3, 0.4) is 0 Å². The number of halogens is 1. The summed E-state index contributed by atoms with van der Waals surface area (Å²) in [5.41, 5.74) is 7.85. The van der Waals surface area contributed by atoms with E-state index in [1.54, 1.807) is 0 Å². The van der Waals surface area contributed by atoms with Crippen molar-refractivity contribution in [2.75, 3.05) is 0 Å². The van der Waals surface area contributed by atoms with E-state index in [-0.39, 0.29) is 0 Å². The Morgan fingerprint density at radius 1 is 1.05 bits per heavy atom. The fourth-order valence-electron chi connectivity index (χ4n) is 2.57. The zero-order valence-electron chi connectivity index (χ0n) is 11.9. The highest BCUT2D eigenvalue weighted by molar-refractivity contribution is 6.17. The molecule has 0 bridgehead atoms. The molecule has 0 radical (unpaired) electrons. The quantitative estimate of drug-likeness (QED) is 0.625. The standard InChI is InChI=1S/C17H17ClN2/c1-11-7-8-14(9-12(11)2)17-15(10-18)20-13(3)5-4-6-16(20)19-17/h4-9H,10H2,1-3H3. The zero-order chi connectivity index (χ0) is 14.3. The number of aromatic nitrogens is 2. The maximum absolute atomic E-state index is 6.18. The first kappa shape index (κ1) is 13.2. The van der Waals surface area contributed by atoms with Crippen molar-refractivity contribution in [2.24, 2.45) is 0 Å². The summed E-state index contributed by atoms with van der Waals surface area (Å²) in [5, 5.41) is 0. The lowest BCUT2D eigenvalue weighted by atomic mass is 10.0. The third-order valence-electron chi connectivity index (χ3n) is 3.84. The van der Waals surface area contributed by atoms with Crippen molar-refractivity contribution >= 4 is 17.2 Å². The van der Waals surface area contributed by atoms with Gasteiger partial charge in [-0.2, -0.15) is 0 Å². The second kappa shape index (κ2) is 4.95. The monoisotopic (exact) mass is 284 g/mol. The third-order valence-corrected chi connectivity index (χ3v) is 4.09. The van der Waals surface area contributed by atoms with Gasteiger partial charge in [0.1, 0.15) is 5.65 Å². The van der Waals surface area contributed by atoms with E-state index in [4.69, 9.17) is 16.6 Å². The van der Waals surface area contributed by atoms with Crippen LogP contribution in [0.25, 0.3) is 16.9 Å². The molecule has 2 heterocycles. The van der Waals surface area contributed by atoms with E-state index in [0.717, 1.165) is 28.3 Å². The van der Waals surface area contributed by atoms with Crippen molar-refractivity contribution < 1.29 is 0 Å². The molecule has 3 aromatic rings. The second-order valence-electron chi connectivity index (χ2n) is 5.20. The highest BCUT2D eigenvalue weighted by atomic mass is 35.5. The van der Waals surface area contributed by atoms with Gasteiger partial charge in [-0.1, -0.05) is 18.2 Å². The minimum Gasteiger partial charge on any atom is -0.299 e. The Labute approximate surface area is 124 Å². The average Bonchev–Trinajstić information content (AvgIpc) is 2.82. The van der Waals surface area contributed by atoms with Gasteiger partial charge < -0.3 is 0 Å². The zero-order valence-corrected chi connectivity index (χ0v) is 12.7. The molecule has 0 unspecified atom stereocenters. The van der Waals surface area contributed by atoms with Gasteiger partial charge in [-0.25, -0.2) is 4.98 Å². The van der Waals surface area contributed by atoms with Gasteiger partial charge in [0.05, 0.1) is 17.3 Å². The van der Waals surface area contributed by atoms with E-state index >= 15 is 0 Å². The second-order valence-corrected chi connectivity index (χ2v) is 5.47. The minimum absolute atomic E-state index is 0.453. The number of hydrogen-bond acceptors (Lipinski definition) is 1. The molecule has 1 aromatic carbocycles. The van der Waals surface area contributed by atoms with E-state index in [2.05, 4.69) is 49.4 Å². The molecule has 0 aliphatic carbocycles. The Morgan fingerprint density at radius 2 is 1.85 bits per heavy atom. The SMILES string of the molecule is Cc1ccc(-c2nc3cccc(C)n3c2CCl)cc1C. The van der Waals surface area contributed by atoms with Crippen molar-refractivity contribution in [3.8, 4) is 11.3 Å². The molecular weight excluding hydrogens is 268 g/mol. The predicted molar refractivity (Wildman–Crippen MR) is 84.4 cm³/mol. The van der Waals surface area contributed by atoms with Crippen LogP contribution < -0.4 is 0 Å². The smallest absolute Gasteiger partial charge is 0.137 e. The molecule has 0 fully saturated rings. The summed E-state index contributed by atoms with van der Waals surface area (Å²) in [6, 6.07) is 12.6. The third kappa shape index (κ3) is 2.01. The molecule has 0 atom stereocenters. The normalized spacial score (nSPS) is 11.2. The van der Waals surface area contributed by atoms with E-state index in [1.165, 1.54) is 11.1 Å². The number of aryl methyl sites for hydroxylation is 3. The van der Waals surface area contributed by atoms with Crippen LogP contribution in [-0.4, -0.2) is 9.38 Å². The fraction of sp³-hybridized carbons (Fsp3) is 0.235. The number of imidazole rings is 1. The average molecular weight is 285 g/mol. The van der Waals surface area contributed by atoms with Crippen LogP contribution >= 0.6 is 11.6 Å². The Bertz CT molecular complexity index is 787. The van der Waals surface area contributed by atoms with Crippen LogP contribution in [-0.2, 0) is 5.88 Å². The number of pyridine rings is 1. The van der Waals surface area contributed by atoms with Crippen LogP contribution in [0.15, 0.2) is 36.4 Å². The largest absolute Gasteiger partial charge is 0.299 e. The summed E-state index contributed by atoms with van der Waals surface area (Å²) in [4.78, 5) is 4.76. The summed E-state index contributed by atoms with van der Waals surface area (Å²) in [5.74, 6) is 0.453. The number of fused-ring (bicyclic) bond motifs is 1. The highest BCUT2D eigenvalue weighted by Gasteiger charge is 2.14. The van der Waals surface area contributed by atoms with Crippen LogP contribution in [0.4, 0.5) is 0 Å². The lowest BCUT2D eigenvalue weighted by molar-refractivity contribution is 1.03. The molecule has 0 aliphatic rings. The Kier molecular flexibility index (Phi) is 3.27. The molecule has 2 nitrogen and oxygen atoms in total. The van der Waals surface area contributed by atoms with Crippen LogP contribution in [0.5, 0.6) is 0 Å². The number of benzene rings is 1. The molecule has 2 aromatic heterocycles. The first-order valence-corrected chi connectivity index (χ1v) is 7.26. The molecule has 102 valence electrons. The van der Waals surface area contributed by atoms with Gasteiger partial charge in [0.25, 0.3) is 0 Å². The summed E-state index contributed by atoms with van der Waals surface area (Å²) < 4.78 is 2.14. The first-order valence-electron chi connectivity index (χ1n) is 6.72. The minimum atomic E-state index is 0.453. The summed E-state index contributed by atoms with van der Waals surface area (Å²) in [6.07, 6.45) is 0. The van der Waals surface area contributed by atoms with Crippen LogP contribution in [0.1, 0.15) is 22.5 Å². The van der Waals surface area contributed by atoms with Crippen LogP contribution in [0, 0.1) is 20.8 Å². The van der Waals surface area contributed by atoms with Crippen molar-refractivity contribution in [1.82, 2.24) is 9.38 Å². The Morgan fingerprint density at radius 3 is 2.55 bits per heavy atom. The van der Waals surface area contributed by atoms with Gasteiger partial charge in [0.2, 0.25) is 0 Å². The van der Waals surface area contributed by atoms with E-state index in [0.29, 0.717) is 5.88 Å². The molecule has 0 saturated heterocycles. The molecule has 20 heavy (non-hydrogen) atoms. The topological polar surface area (TPSA) is 17.3 Å². The number of hydrogen-bond donors (Lipinski definition) is 0. The number of nitrogens with zero attached hydrogens (tertiary/aromatic N) is 2. The lowest BCUT2D eigenvalue weighted by Crippen LogP contribution is -1.95. The molecule has 0 N–H and O–H groups in total. The lowest BCUT2D eigenvalue weighted by Gasteiger charge is -2.06. The van der Waals surface area contributed by atoms with E-state index < -0.39 is 0 Å². The molecule has 0 saturated carbocycles. The van der Waals surface area contributed by atoms with Crippen molar-refractivity contribution in [2.45, 2.75) is 26.7 Å². The molecule has 0 spiro atoms. The Hall–Kier alpha value is -1.80. The molecule has 0 aliphatic heterocycles. The van der Waals surface area contributed by atoms with E-state index in [9.17, 15) is 0 Å². The number of alkyl halides is 1. The van der Waals surface area contributed by atoms with Gasteiger partial charge in [-0.3, -0.25) is 4.40 Å². The van der Waals surface area contributed by atoms with Crippen molar-refractivity contribution in [3.05, 3.63) is 58.9 Å². The highest BCUT2D eigenvalue weighted by Crippen LogP contribution is 2.28. The van der Waals surface area contributed by atoms with E-state index in [1.807, 2.05) is 12.1 Å². The van der Waals surface area contributed by atoms with Gasteiger partial charge in [0, 0.05) is 11.3 Å². The summed E-state index contributed by atoms with van der Waals surface area (Å²) in [7, 11) is 0. The molecular formula is C17H17ClN2. The predicted octanol–water partition coefficient (Wildman–Crippen LogP) is 4.67. The van der Waals surface area contributed by atoms with Crippen molar-refractivity contribution in [3.63, 3.8) is 0 Å². The van der Waals surface area contributed by atoms with Crippen LogP contribution in [0.2, 0.25) is 0 Å². The maximum atomic E-state index is 6.18. The van der Waals surface area contributed by atoms with Gasteiger partial charge in [-0.05, 0) is 50.1 Å². The Balaban J connectivity index is 2.30. The molecule has 3 heteroatoms. The van der Waals surface area contributed by atoms with Gasteiger partial charge >= 0.3 is 0 Å². The van der Waals surface area contributed by atoms with Gasteiger partial charge in [0.15, 0.2) is 0 Å². The summed E-state index contributed by atoms with van der Waals surface area (Å²) >= 11 is 6.18. The fourth-order valence-corrected chi connectivity index (χ4v) is 2.82. The summed E-state index contributed by atoms with van der Waals surface area (Å²) in [6.45, 7) is 6.32. The van der Waals surface area contributed by atoms with Gasteiger partial charge in [-0.15, -0.1) is 11.6 Å². The van der Waals surface area contributed by atoms with Crippen molar-refractivity contribution in [1.29, 1.82) is 0 Å². The molecule has 3 rings (SSSR count). The molecule has 0 amide bonds.